The Morgan fingerprint density at radius 2 is 1.44 bits per heavy atom. The Morgan fingerprint density at radius 1 is 0.744 bits per heavy atom. The van der Waals surface area contributed by atoms with E-state index in [4.69, 9.17) is 27.9 Å². The molecule has 0 amide bonds. The molecule has 39 heavy (non-hydrogen) atoms. The van der Waals surface area contributed by atoms with E-state index in [0.29, 0.717) is 34.1 Å². The fraction of sp³-hybridized carbons (Fsp3) is 0.156. The first kappa shape index (κ1) is 27.1. The topological polar surface area (TPSA) is 141 Å². The highest BCUT2D eigenvalue weighted by molar-refractivity contribution is 5.86. The highest BCUT2D eigenvalue weighted by atomic mass is 14.8. The van der Waals surface area contributed by atoms with Crippen LogP contribution in [0.15, 0.2) is 93.8 Å². The molecule has 0 heterocycles. The van der Waals surface area contributed by atoms with Gasteiger partial charge < -0.3 is 22.9 Å². The van der Waals surface area contributed by atoms with Crippen molar-refractivity contribution in [3.05, 3.63) is 95.6 Å². The Balaban J connectivity index is 1.52. The monoisotopic (exact) mass is 517 g/mol. The highest BCUT2D eigenvalue weighted by Crippen LogP contribution is 2.34. The molecule has 0 unspecified atom stereocenters. The van der Waals surface area contributed by atoms with Gasteiger partial charge in [0.25, 0.3) is 0 Å². The second-order valence-corrected chi connectivity index (χ2v) is 10.1. The first-order chi connectivity index (χ1) is 18.7. The SMILES string of the molecule is C=Nc1ccc(-c2ccc(N)c(/N=C/c3cccc(C(C)(C)CCc4ccc(N)c(/N=C/N)c4)c3)c2)cc1N. The van der Waals surface area contributed by atoms with Crippen molar-refractivity contribution in [3.8, 4) is 11.1 Å². The number of aliphatic imine (C=N–C) groups is 3. The molecule has 4 aromatic rings. The van der Waals surface area contributed by atoms with Gasteiger partial charge in [0, 0.05) is 6.21 Å². The molecule has 0 bridgehead atoms. The summed E-state index contributed by atoms with van der Waals surface area (Å²) < 4.78 is 0. The smallest absolute Gasteiger partial charge is 0.0879 e. The van der Waals surface area contributed by atoms with Crippen LogP contribution in [0.1, 0.15) is 37.0 Å². The summed E-state index contributed by atoms with van der Waals surface area (Å²) in [4.78, 5) is 12.8. The van der Waals surface area contributed by atoms with Crippen LogP contribution in [0.5, 0.6) is 0 Å². The van der Waals surface area contributed by atoms with Gasteiger partial charge in [0.05, 0.1) is 40.5 Å². The fourth-order valence-corrected chi connectivity index (χ4v) is 4.44. The summed E-state index contributed by atoms with van der Waals surface area (Å²) in [5, 5.41) is 0. The standard InChI is InChI=1S/C32H35N7/c1-32(2,14-13-21-7-10-26(34)30(16-21)39-20-33)25-6-4-5-22(15-25)19-38-31-18-24(8-11-27(31)35)23-9-12-29(37-3)28(36)17-23/h4-12,15-20H,3,13-14,34-36H2,1-2H3,(H2,33,39)/b38-19+. The van der Waals surface area contributed by atoms with E-state index in [1.807, 2.05) is 66.9 Å². The van der Waals surface area contributed by atoms with Crippen LogP contribution in [0.3, 0.4) is 0 Å². The number of hydrogen-bond acceptors (Lipinski definition) is 6. The molecule has 0 aliphatic rings. The van der Waals surface area contributed by atoms with Crippen LogP contribution < -0.4 is 22.9 Å². The Labute approximate surface area is 230 Å². The molecule has 0 aliphatic heterocycles. The van der Waals surface area contributed by atoms with Gasteiger partial charge in [0.15, 0.2) is 0 Å². The van der Waals surface area contributed by atoms with Crippen LogP contribution in [0, 0.1) is 0 Å². The molecule has 8 N–H and O–H groups in total. The van der Waals surface area contributed by atoms with E-state index in [9.17, 15) is 0 Å². The van der Waals surface area contributed by atoms with Crippen molar-refractivity contribution in [2.45, 2.75) is 32.1 Å². The first-order valence-corrected chi connectivity index (χ1v) is 12.7. The van der Waals surface area contributed by atoms with Gasteiger partial charge in [0.1, 0.15) is 0 Å². The lowest BCUT2D eigenvalue weighted by Gasteiger charge is -2.26. The van der Waals surface area contributed by atoms with E-state index < -0.39 is 0 Å². The third-order valence-corrected chi connectivity index (χ3v) is 6.93. The van der Waals surface area contributed by atoms with E-state index in [2.05, 4.69) is 48.7 Å². The molecule has 0 atom stereocenters. The number of nitrogen functional groups attached to an aromatic ring is 3. The molecule has 4 aromatic carbocycles. The van der Waals surface area contributed by atoms with Crippen molar-refractivity contribution in [1.82, 2.24) is 0 Å². The highest BCUT2D eigenvalue weighted by Gasteiger charge is 2.21. The second-order valence-electron chi connectivity index (χ2n) is 10.1. The van der Waals surface area contributed by atoms with Gasteiger partial charge in [-0.2, -0.15) is 0 Å². The number of rotatable bonds is 9. The maximum Gasteiger partial charge on any atom is 0.0879 e. The number of nitrogens with two attached hydrogens (primary N) is 4. The van der Waals surface area contributed by atoms with Crippen molar-refractivity contribution in [2.24, 2.45) is 20.7 Å². The summed E-state index contributed by atoms with van der Waals surface area (Å²) in [6.07, 6.45) is 4.95. The van der Waals surface area contributed by atoms with Crippen molar-refractivity contribution < 1.29 is 0 Å². The molecular formula is C32H35N7. The van der Waals surface area contributed by atoms with Crippen molar-refractivity contribution in [1.29, 1.82) is 0 Å². The minimum absolute atomic E-state index is 0.0616. The summed E-state index contributed by atoms with van der Waals surface area (Å²) in [7, 11) is 0. The van der Waals surface area contributed by atoms with E-state index >= 15 is 0 Å². The third kappa shape index (κ3) is 6.51. The largest absolute Gasteiger partial charge is 0.397 e. The normalized spacial score (nSPS) is 11.8. The van der Waals surface area contributed by atoms with Crippen LogP contribution in [0.25, 0.3) is 11.1 Å². The Bertz CT molecular complexity index is 1550. The van der Waals surface area contributed by atoms with Gasteiger partial charge in [0.2, 0.25) is 0 Å². The summed E-state index contributed by atoms with van der Waals surface area (Å²) in [6.45, 7) is 8.05. The average molecular weight is 518 g/mol. The fourth-order valence-electron chi connectivity index (χ4n) is 4.44. The van der Waals surface area contributed by atoms with Crippen LogP contribution in [0.4, 0.5) is 34.1 Å². The first-order valence-electron chi connectivity index (χ1n) is 12.7. The Kier molecular flexibility index (Phi) is 8.10. The van der Waals surface area contributed by atoms with Crippen molar-refractivity contribution in [2.75, 3.05) is 17.2 Å². The molecule has 0 aliphatic carbocycles. The molecule has 198 valence electrons. The lowest BCUT2D eigenvalue weighted by atomic mass is 9.79. The van der Waals surface area contributed by atoms with E-state index in [0.717, 1.165) is 29.5 Å². The van der Waals surface area contributed by atoms with Gasteiger partial charge in [-0.1, -0.05) is 50.2 Å². The van der Waals surface area contributed by atoms with Gasteiger partial charge in [-0.25, -0.2) is 4.99 Å². The zero-order valence-corrected chi connectivity index (χ0v) is 22.4. The number of benzene rings is 4. The minimum atomic E-state index is -0.0616. The second kappa shape index (κ2) is 11.6. The van der Waals surface area contributed by atoms with Crippen LogP contribution in [-0.4, -0.2) is 19.3 Å². The molecule has 0 radical (unpaired) electrons. The molecule has 4 rings (SSSR count). The molecule has 0 saturated heterocycles. The molecule has 0 saturated carbocycles. The molecule has 0 aromatic heterocycles. The average Bonchev–Trinajstić information content (AvgIpc) is 2.93. The predicted octanol–water partition coefficient (Wildman–Crippen LogP) is 6.71. The maximum atomic E-state index is 6.25. The zero-order valence-electron chi connectivity index (χ0n) is 22.4. The van der Waals surface area contributed by atoms with Gasteiger partial charge in [-0.05, 0) is 95.3 Å². The predicted molar refractivity (Wildman–Crippen MR) is 168 cm³/mol. The number of aryl methyl sites for hydroxylation is 1. The molecule has 7 nitrogen and oxygen atoms in total. The zero-order chi connectivity index (χ0) is 28.0. The number of hydrogen-bond donors (Lipinski definition) is 4. The maximum absolute atomic E-state index is 6.25. The van der Waals surface area contributed by atoms with Crippen molar-refractivity contribution in [3.63, 3.8) is 0 Å². The van der Waals surface area contributed by atoms with Crippen molar-refractivity contribution >= 4 is 53.4 Å². The van der Waals surface area contributed by atoms with Crippen LogP contribution >= 0.6 is 0 Å². The lowest BCUT2D eigenvalue weighted by Crippen LogP contribution is -2.18. The van der Waals surface area contributed by atoms with E-state index in [1.54, 1.807) is 0 Å². The number of nitrogens with zero attached hydrogens (tertiary/aromatic N) is 3. The summed E-state index contributed by atoms with van der Waals surface area (Å²) in [5.41, 5.74) is 32.9. The molecular weight excluding hydrogens is 482 g/mol. The lowest BCUT2D eigenvalue weighted by molar-refractivity contribution is 0.480. The summed E-state index contributed by atoms with van der Waals surface area (Å²) in [6, 6.07) is 25.8. The van der Waals surface area contributed by atoms with Gasteiger partial charge >= 0.3 is 0 Å². The van der Waals surface area contributed by atoms with Crippen LogP contribution in [-0.2, 0) is 11.8 Å². The minimum Gasteiger partial charge on any atom is -0.397 e. The quantitative estimate of drug-likeness (QED) is 0.111. The summed E-state index contributed by atoms with van der Waals surface area (Å²) >= 11 is 0. The Hall–Kier alpha value is -4.91. The van der Waals surface area contributed by atoms with Gasteiger partial charge in [-0.3, -0.25) is 9.98 Å². The molecule has 0 fully saturated rings. The number of anilines is 3. The van der Waals surface area contributed by atoms with E-state index in [1.165, 1.54) is 17.5 Å². The molecule has 0 spiro atoms. The van der Waals surface area contributed by atoms with Gasteiger partial charge in [-0.15, -0.1) is 0 Å². The van der Waals surface area contributed by atoms with E-state index in [-0.39, 0.29) is 5.41 Å². The Morgan fingerprint density at radius 3 is 2.15 bits per heavy atom. The molecule has 7 heteroatoms. The third-order valence-electron chi connectivity index (χ3n) is 6.93. The summed E-state index contributed by atoms with van der Waals surface area (Å²) in [5.74, 6) is 0. The van der Waals surface area contributed by atoms with Crippen LogP contribution in [0.2, 0.25) is 0 Å².